The van der Waals surface area contributed by atoms with Gasteiger partial charge in [-0.2, -0.15) is 0 Å². The number of aromatic nitrogens is 2. The minimum Gasteiger partial charge on any atom is -0.462 e. The number of carbonyl (C=O) groups is 1. The molecular weight excluding hydrogens is 310 g/mol. The monoisotopic (exact) mass is 335 g/mol. The van der Waals surface area contributed by atoms with Gasteiger partial charge in [0.1, 0.15) is 17.0 Å². The van der Waals surface area contributed by atoms with Crippen LogP contribution in [0.25, 0.3) is 10.2 Å². The van der Waals surface area contributed by atoms with Crippen molar-refractivity contribution >= 4 is 33.3 Å². The van der Waals surface area contributed by atoms with Crippen molar-refractivity contribution in [1.29, 1.82) is 0 Å². The number of hydrogen-bond acceptors (Lipinski definition) is 6. The molecule has 0 fully saturated rings. The Labute approximate surface area is 141 Å². The summed E-state index contributed by atoms with van der Waals surface area (Å²) in [7, 11) is 0. The van der Waals surface area contributed by atoms with Crippen molar-refractivity contribution in [1.82, 2.24) is 9.97 Å². The van der Waals surface area contributed by atoms with Crippen LogP contribution >= 0.6 is 11.3 Å². The van der Waals surface area contributed by atoms with Gasteiger partial charge in [-0.1, -0.05) is 26.7 Å². The third-order valence-electron chi connectivity index (χ3n) is 3.71. The highest BCUT2D eigenvalue weighted by Crippen LogP contribution is 2.32. The second-order valence-corrected chi connectivity index (χ2v) is 6.30. The Kier molecular flexibility index (Phi) is 6.77. The maximum atomic E-state index is 12.2. The summed E-state index contributed by atoms with van der Waals surface area (Å²) in [6.45, 7) is 8.44. The van der Waals surface area contributed by atoms with E-state index in [1.165, 1.54) is 11.3 Å². The van der Waals surface area contributed by atoms with Gasteiger partial charge in [0.25, 0.3) is 0 Å². The minimum atomic E-state index is -0.291. The zero-order valence-corrected chi connectivity index (χ0v) is 15.0. The van der Waals surface area contributed by atoms with E-state index in [-0.39, 0.29) is 5.97 Å². The lowest BCUT2D eigenvalue weighted by atomic mass is 10.2. The molecule has 2 rings (SSSR count). The predicted octanol–water partition coefficient (Wildman–Crippen LogP) is 4.27. The first kappa shape index (κ1) is 17.7. The van der Waals surface area contributed by atoms with Gasteiger partial charge in [-0.25, -0.2) is 14.8 Å². The van der Waals surface area contributed by atoms with Crippen LogP contribution in [0.15, 0.2) is 11.7 Å². The molecule has 126 valence electrons. The Bertz CT molecular complexity index is 634. The average molecular weight is 335 g/mol. The number of anilines is 1. The highest BCUT2D eigenvalue weighted by atomic mass is 32.1. The smallest absolute Gasteiger partial charge is 0.339 e. The SMILES string of the molecule is CCCCN(CCCC)c1ncnc2scc(C(=O)OCC)c12. The van der Waals surface area contributed by atoms with E-state index in [2.05, 4.69) is 28.7 Å². The number of rotatable bonds is 9. The molecule has 0 saturated carbocycles. The molecule has 0 aliphatic rings. The fourth-order valence-electron chi connectivity index (χ4n) is 2.48. The van der Waals surface area contributed by atoms with E-state index in [1.54, 1.807) is 6.33 Å². The Morgan fingerprint density at radius 2 is 1.87 bits per heavy atom. The summed E-state index contributed by atoms with van der Waals surface area (Å²) in [5.41, 5.74) is 0.584. The molecule has 0 aliphatic carbocycles. The topological polar surface area (TPSA) is 55.3 Å². The fraction of sp³-hybridized carbons (Fsp3) is 0.588. The van der Waals surface area contributed by atoms with E-state index in [0.29, 0.717) is 12.2 Å². The second-order valence-electron chi connectivity index (χ2n) is 5.44. The van der Waals surface area contributed by atoms with Crippen LogP contribution in [-0.4, -0.2) is 35.6 Å². The van der Waals surface area contributed by atoms with Gasteiger partial charge in [-0.05, 0) is 19.8 Å². The summed E-state index contributed by atoms with van der Waals surface area (Å²) in [6, 6.07) is 0. The summed E-state index contributed by atoms with van der Waals surface area (Å²) in [6.07, 6.45) is 6.06. The molecule has 0 unspecified atom stereocenters. The van der Waals surface area contributed by atoms with Gasteiger partial charge in [0.15, 0.2) is 0 Å². The average Bonchev–Trinajstić information content (AvgIpc) is 2.99. The van der Waals surface area contributed by atoms with Gasteiger partial charge < -0.3 is 9.64 Å². The number of carbonyl (C=O) groups excluding carboxylic acids is 1. The minimum absolute atomic E-state index is 0.291. The van der Waals surface area contributed by atoms with Crippen molar-refractivity contribution < 1.29 is 9.53 Å². The van der Waals surface area contributed by atoms with Gasteiger partial charge >= 0.3 is 5.97 Å². The van der Waals surface area contributed by atoms with Crippen molar-refractivity contribution in [2.75, 3.05) is 24.6 Å². The Hall–Kier alpha value is -1.69. The predicted molar refractivity (Wildman–Crippen MR) is 95.4 cm³/mol. The van der Waals surface area contributed by atoms with E-state index in [0.717, 1.165) is 54.8 Å². The number of nitrogens with zero attached hydrogens (tertiary/aromatic N) is 3. The van der Waals surface area contributed by atoms with Gasteiger partial charge in [0.2, 0.25) is 0 Å². The zero-order valence-electron chi connectivity index (χ0n) is 14.2. The molecule has 0 spiro atoms. The van der Waals surface area contributed by atoms with E-state index in [9.17, 15) is 4.79 Å². The van der Waals surface area contributed by atoms with E-state index >= 15 is 0 Å². The molecule has 0 saturated heterocycles. The van der Waals surface area contributed by atoms with Crippen LogP contribution in [0.4, 0.5) is 5.82 Å². The summed E-state index contributed by atoms with van der Waals surface area (Å²) >= 11 is 1.47. The number of ether oxygens (including phenoxy) is 1. The normalized spacial score (nSPS) is 10.9. The van der Waals surface area contributed by atoms with Crippen molar-refractivity contribution in [2.24, 2.45) is 0 Å². The molecule has 0 aromatic carbocycles. The molecule has 2 aromatic heterocycles. The zero-order chi connectivity index (χ0) is 16.7. The second kappa shape index (κ2) is 8.82. The summed E-state index contributed by atoms with van der Waals surface area (Å²) in [4.78, 5) is 24.2. The van der Waals surface area contributed by atoms with E-state index in [1.807, 2.05) is 12.3 Å². The largest absolute Gasteiger partial charge is 0.462 e. The van der Waals surface area contributed by atoms with Gasteiger partial charge in [-0.15, -0.1) is 11.3 Å². The summed E-state index contributed by atoms with van der Waals surface area (Å²) in [5.74, 6) is 0.571. The molecule has 2 heterocycles. The molecule has 23 heavy (non-hydrogen) atoms. The van der Waals surface area contributed by atoms with Crippen LogP contribution < -0.4 is 4.90 Å². The molecule has 2 aromatic rings. The van der Waals surface area contributed by atoms with E-state index < -0.39 is 0 Å². The molecular formula is C17H25N3O2S. The molecule has 6 heteroatoms. The van der Waals surface area contributed by atoms with Crippen molar-refractivity contribution in [3.05, 3.63) is 17.3 Å². The lowest BCUT2D eigenvalue weighted by Gasteiger charge is -2.24. The number of hydrogen-bond donors (Lipinski definition) is 0. The van der Waals surface area contributed by atoms with Gasteiger partial charge in [0, 0.05) is 18.5 Å². The Balaban J connectivity index is 2.43. The van der Waals surface area contributed by atoms with Crippen LogP contribution in [0.3, 0.4) is 0 Å². The molecule has 0 atom stereocenters. The van der Waals surface area contributed by atoms with Crippen molar-refractivity contribution in [3.63, 3.8) is 0 Å². The Morgan fingerprint density at radius 1 is 1.17 bits per heavy atom. The first-order chi connectivity index (χ1) is 11.2. The molecule has 0 N–H and O–H groups in total. The van der Waals surface area contributed by atoms with Gasteiger partial charge in [-0.3, -0.25) is 0 Å². The van der Waals surface area contributed by atoms with Crippen LogP contribution in [0.1, 0.15) is 56.8 Å². The number of unbranched alkanes of at least 4 members (excludes halogenated alkanes) is 2. The summed E-state index contributed by atoms with van der Waals surface area (Å²) < 4.78 is 5.19. The van der Waals surface area contributed by atoms with Crippen LogP contribution in [-0.2, 0) is 4.74 Å². The maximum absolute atomic E-state index is 12.2. The van der Waals surface area contributed by atoms with E-state index in [4.69, 9.17) is 4.74 Å². The van der Waals surface area contributed by atoms with Gasteiger partial charge in [0.05, 0.1) is 17.6 Å². The Morgan fingerprint density at radius 3 is 2.48 bits per heavy atom. The lowest BCUT2D eigenvalue weighted by Crippen LogP contribution is -2.27. The third-order valence-corrected chi connectivity index (χ3v) is 4.59. The molecule has 0 bridgehead atoms. The molecule has 5 nitrogen and oxygen atoms in total. The van der Waals surface area contributed by atoms with Crippen LogP contribution in [0.2, 0.25) is 0 Å². The molecule has 0 amide bonds. The number of esters is 1. The summed E-state index contributed by atoms with van der Waals surface area (Å²) in [5, 5.41) is 2.67. The first-order valence-electron chi connectivity index (χ1n) is 8.37. The fourth-order valence-corrected chi connectivity index (χ4v) is 3.35. The number of fused-ring (bicyclic) bond motifs is 1. The standard InChI is InChI=1S/C17H25N3O2S/c1-4-7-9-20(10-8-5-2)15-14-13(17(21)22-6-3)11-23-16(14)19-12-18-15/h11-12H,4-10H2,1-3H3. The number of thiophene rings is 1. The first-order valence-corrected chi connectivity index (χ1v) is 9.25. The van der Waals surface area contributed by atoms with Crippen LogP contribution in [0, 0.1) is 0 Å². The molecule has 0 radical (unpaired) electrons. The highest BCUT2D eigenvalue weighted by Gasteiger charge is 2.21. The van der Waals surface area contributed by atoms with Crippen molar-refractivity contribution in [2.45, 2.75) is 46.5 Å². The molecule has 0 aliphatic heterocycles. The lowest BCUT2D eigenvalue weighted by molar-refractivity contribution is 0.0529. The van der Waals surface area contributed by atoms with Crippen LogP contribution in [0.5, 0.6) is 0 Å². The third kappa shape index (κ3) is 4.19. The maximum Gasteiger partial charge on any atom is 0.339 e. The quantitative estimate of drug-likeness (QED) is 0.640. The van der Waals surface area contributed by atoms with Crippen molar-refractivity contribution in [3.8, 4) is 0 Å². The highest BCUT2D eigenvalue weighted by molar-refractivity contribution is 7.17.